The number of hydrogen-bond donors (Lipinski definition) is 1. The number of nitrogens with zero attached hydrogens (tertiary/aromatic N) is 1. The number of anilines is 1. The third-order valence-corrected chi connectivity index (χ3v) is 4.32. The molecule has 2 amide bonds. The molecule has 0 aliphatic rings. The Hall–Kier alpha value is -2.34. The first-order valence-corrected chi connectivity index (χ1v) is 8.42. The average molecular weight is 346 g/mol. The van der Waals surface area contributed by atoms with Crippen molar-refractivity contribution in [1.29, 1.82) is 0 Å². The van der Waals surface area contributed by atoms with Gasteiger partial charge in [0.05, 0.1) is 5.75 Å². The van der Waals surface area contributed by atoms with E-state index in [2.05, 4.69) is 5.32 Å². The van der Waals surface area contributed by atoms with E-state index in [0.29, 0.717) is 5.56 Å². The maximum absolute atomic E-state index is 13.6. The Morgan fingerprint density at radius 2 is 1.79 bits per heavy atom. The van der Waals surface area contributed by atoms with Crippen LogP contribution in [0.3, 0.4) is 0 Å². The number of rotatable bonds is 6. The first-order valence-electron chi connectivity index (χ1n) is 7.43. The number of hydrogen-bond acceptors (Lipinski definition) is 3. The molecule has 126 valence electrons. The fraction of sp³-hybridized carbons (Fsp3) is 0.222. The van der Waals surface area contributed by atoms with Gasteiger partial charge < -0.3 is 10.2 Å². The van der Waals surface area contributed by atoms with Crippen LogP contribution in [-0.2, 0) is 16.1 Å². The van der Waals surface area contributed by atoms with Crippen molar-refractivity contribution in [3.63, 3.8) is 0 Å². The van der Waals surface area contributed by atoms with Crippen LogP contribution in [-0.4, -0.2) is 29.5 Å². The Morgan fingerprint density at radius 1 is 1.12 bits per heavy atom. The van der Waals surface area contributed by atoms with Crippen LogP contribution in [0.25, 0.3) is 0 Å². The van der Waals surface area contributed by atoms with Crippen molar-refractivity contribution in [3.05, 3.63) is 59.9 Å². The summed E-state index contributed by atoms with van der Waals surface area (Å²) in [5, 5.41) is 2.69. The molecule has 2 aromatic rings. The zero-order valence-corrected chi connectivity index (χ0v) is 14.4. The minimum atomic E-state index is -0.307. The molecule has 0 spiro atoms. The molecule has 0 bridgehead atoms. The zero-order valence-electron chi connectivity index (χ0n) is 13.6. The predicted octanol–water partition coefficient (Wildman–Crippen LogP) is 3.53. The van der Waals surface area contributed by atoms with Crippen LogP contribution in [0.5, 0.6) is 0 Å². The molecular weight excluding hydrogens is 327 g/mol. The fourth-order valence-corrected chi connectivity index (χ4v) is 2.90. The number of amides is 2. The minimum absolute atomic E-state index is 0.0748. The summed E-state index contributed by atoms with van der Waals surface area (Å²) >= 11 is 1.40. The normalized spacial score (nSPS) is 10.3. The summed E-state index contributed by atoms with van der Waals surface area (Å²) in [5.41, 5.74) is 1.22. The summed E-state index contributed by atoms with van der Waals surface area (Å²) < 4.78 is 13.6. The Balaban J connectivity index is 1.86. The topological polar surface area (TPSA) is 49.4 Å². The summed E-state index contributed by atoms with van der Waals surface area (Å²) in [4.78, 5) is 25.6. The molecule has 0 atom stereocenters. The van der Waals surface area contributed by atoms with Gasteiger partial charge in [0.25, 0.3) is 0 Å². The average Bonchev–Trinajstić information content (AvgIpc) is 2.55. The van der Waals surface area contributed by atoms with E-state index in [4.69, 9.17) is 0 Å². The van der Waals surface area contributed by atoms with Crippen LogP contribution < -0.4 is 5.32 Å². The molecule has 6 heteroatoms. The Labute approximate surface area is 145 Å². The molecule has 0 saturated carbocycles. The van der Waals surface area contributed by atoms with Gasteiger partial charge in [0.1, 0.15) is 5.82 Å². The predicted molar refractivity (Wildman–Crippen MR) is 94.3 cm³/mol. The molecular formula is C18H19FN2O2S. The van der Waals surface area contributed by atoms with Crippen molar-refractivity contribution in [2.45, 2.75) is 18.4 Å². The van der Waals surface area contributed by atoms with Crippen molar-refractivity contribution < 1.29 is 14.0 Å². The van der Waals surface area contributed by atoms with Crippen molar-refractivity contribution in [2.24, 2.45) is 0 Å². The third kappa shape index (κ3) is 5.38. The van der Waals surface area contributed by atoms with Crippen molar-refractivity contribution in [1.82, 2.24) is 4.90 Å². The fourth-order valence-electron chi connectivity index (χ4n) is 2.06. The minimum Gasteiger partial charge on any atom is -0.341 e. The van der Waals surface area contributed by atoms with Crippen LogP contribution >= 0.6 is 11.8 Å². The number of halogens is 1. The largest absolute Gasteiger partial charge is 0.341 e. The van der Waals surface area contributed by atoms with Gasteiger partial charge >= 0.3 is 0 Å². The maximum Gasteiger partial charge on any atom is 0.232 e. The first kappa shape index (κ1) is 18.0. The summed E-state index contributed by atoms with van der Waals surface area (Å²) in [6.45, 7) is 1.69. The van der Waals surface area contributed by atoms with Gasteiger partial charge in [0.2, 0.25) is 11.8 Å². The van der Waals surface area contributed by atoms with Crippen molar-refractivity contribution in [2.75, 3.05) is 18.1 Å². The van der Waals surface area contributed by atoms with Gasteiger partial charge in [-0.1, -0.05) is 18.2 Å². The summed E-state index contributed by atoms with van der Waals surface area (Å²) in [7, 11) is 1.66. The van der Waals surface area contributed by atoms with Gasteiger partial charge in [-0.05, 0) is 30.3 Å². The number of carbonyl (C=O) groups excluding carboxylic acids is 2. The van der Waals surface area contributed by atoms with Crippen LogP contribution in [0.15, 0.2) is 53.4 Å². The molecule has 0 aromatic heterocycles. The molecule has 0 fully saturated rings. The lowest BCUT2D eigenvalue weighted by atomic mass is 10.2. The van der Waals surface area contributed by atoms with Gasteiger partial charge in [-0.25, -0.2) is 4.39 Å². The Kier molecular flexibility index (Phi) is 6.37. The molecule has 0 radical (unpaired) electrons. The molecule has 0 heterocycles. The quantitative estimate of drug-likeness (QED) is 0.814. The molecule has 24 heavy (non-hydrogen) atoms. The molecule has 0 aliphatic heterocycles. The number of thioether (sulfide) groups is 1. The standard InChI is InChI=1S/C18H19FN2O2S/c1-13(22)20-15-7-9-16(10-8-15)24-12-18(23)21(2)11-14-5-3-4-6-17(14)19/h3-10H,11-12H2,1-2H3,(H,20,22). The van der Waals surface area contributed by atoms with Crippen LogP contribution in [0.1, 0.15) is 12.5 Å². The second-order valence-electron chi connectivity index (χ2n) is 5.34. The van der Waals surface area contributed by atoms with Crippen molar-refractivity contribution >= 4 is 29.3 Å². The van der Waals surface area contributed by atoms with Crippen LogP contribution in [0.2, 0.25) is 0 Å². The lowest BCUT2D eigenvalue weighted by molar-refractivity contribution is -0.127. The van der Waals surface area contributed by atoms with Gasteiger partial charge in [-0.3, -0.25) is 9.59 Å². The highest BCUT2D eigenvalue weighted by atomic mass is 32.2. The van der Waals surface area contributed by atoms with E-state index in [1.54, 1.807) is 37.4 Å². The van der Waals surface area contributed by atoms with E-state index in [0.717, 1.165) is 10.6 Å². The highest BCUT2D eigenvalue weighted by Crippen LogP contribution is 2.21. The maximum atomic E-state index is 13.6. The molecule has 0 aliphatic carbocycles. The van der Waals surface area contributed by atoms with E-state index in [1.165, 1.54) is 29.7 Å². The highest BCUT2D eigenvalue weighted by molar-refractivity contribution is 8.00. The monoisotopic (exact) mass is 346 g/mol. The second kappa shape index (κ2) is 8.49. The van der Waals surface area contributed by atoms with E-state index >= 15 is 0 Å². The van der Waals surface area contributed by atoms with Gasteiger partial charge in [-0.2, -0.15) is 0 Å². The van der Waals surface area contributed by atoms with Gasteiger partial charge in [-0.15, -0.1) is 11.8 Å². The lowest BCUT2D eigenvalue weighted by Gasteiger charge is -2.17. The van der Waals surface area contributed by atoms with E-state index in [-0.39, 0.29) is 29.9 Å². The van der Waals surface area contributed by atoms with Crippen LogP contribution in [0.4, 0.5) is 10.1 Å². The number of benzene rings is 2. The molecule has 2 aromatic carbocycles. The Bertz CT molecular complexity index is 719. The van der Waals surface area contributed by atoms with Gasteiger partial charge in [0, 0.05) is 36.7 Å². The molecule has 0 unspecified atom stereocenters. The van der Waals surface area contributed by atoms with Gasteiger partial charge in [0.15, 0.2) is 0 Å². The lowest BCUT2D eigenvalue weighted by Crippen LogP contribution is -2.28. The van der Waals surface area contributed by atoms with Crippen LogP contribution in [0, 0.1) is 5.82 Å². The summed E-state index contributed by atoms with van der Waals surface area (Å²) in [5.74, 6) is -0.238. The second-order valence-corrected chi connectivity index (χ2v) is 6.38. The van der Waals surface area contributed by atoms with E-state index < -0.39 is 0 Å². The summed E-state index contributed by atoms with van der Waals surface area (Å²) in [6, 6.07) is 13.7. The number of carbonyl (C=O) groups is 2. The number of nitrogens with one attached hydrogen (secondary N) is 1. The first-order chi connectivity index (χ1) is 11.5. The van der Waals surface area contributed by atoms with Crippen molar-refractivity contribution in [3.8, 4) is 0 Å². The summed E-state index contributed by atoms with van der Waals surface area (Å²) in [6.07, 6.45) is 0. The molecule has 1 N–H and O–H groups in total. The van der Waals surface area contributed by atoms with E-state index in [1.807, 2.05) is 12.1 Å². The molecule has 2 rings (SSSR count). The third-order valence-electron chi connectivity index (χ3n) is 3.33. The van der Waals surface area contributed by atoms with E-state index in [9.17, 15) is 14.0 Å². The SMILES string of the molecule is CC(=O)Nc1ccc(SCC(=O)N(C)Cc2ccccc2F)cc1. The smallest absolute Gasteiger partial charge is 0.232 e. The molecule has 0 saturated heterocycles. The zero-order chi connectivity index (χ0) is 17.5. The highest BCUT2D eigenvalue weighted by Gasteiger charge is 2.12. The Morgan fingerprint density at radius 3 is 2.42 bits per heavy atom. The molecule has 4 nitrogen and oxygen atoms in total.